The smallest absolute Gasteiger partial charge is 0.282 e. The third-order valence-corrected chi connectivity index (χ3v) is 8.81. The van der Waals surface area contributed by atoms with Crippen LogP contribution in [0.1, 0.15) is 76.7 Å². The Morgan fingerprint density at radius 2 is 1.52 bits per heavy atom. The Labute approximate surface area is 272 Å². The lowest BCUT2D eigenvalue weighted by molar-refractivity contribution is -0.290. The van der Waals surface area contributed by atoms with E-state index in [0.29, 0.717) is 36.1 Å². The van der Waals surface area contributed by atoms with Crippen LogP contribution in [0, 0.1) is 0 Å². The first kappa shape index (κ1) is 33.3. The molecule has 0 spiro atoms. The van der Waals surface area contributed by atoms with E-state index < -0.39 is 24.0 Å². The molecule has 2 fully saturated rings. The van der Waals surface area contributed by atoms with Crippen molar-refractivity contribution in [1.82, 2.24) is 4.90 Å². The van der Waals surface area contributed by atoms with Gasteiger partial charge in [-0.3, -0.25) is 14.5 Å². The number of hydrogen-bond acceptors (Lipinski definition) is 7. The number of carbonyl (C=O) groups excluding carboxylic acids is 2. The number of unbranched alkanes of at least 4 members (excludes halogenated alkanes) is 2. The summed E-state index contributed by atoms with van der Waals surface area (Å²) < 4.78 is 30.7. The number of ether oxygens (including phenoxy) is 5. The molecule has 46 heavy (non-hydrogen) atoms. The fourth-order valence-corrected chi connectivity index (χ4v) is 5.95. The maximum absolute atomic E-state index is 14.1. The number of rotatable bonds is 14. The van der Waals surface area contributed by atoms with Gasteiger partial charge in [-0.2, -0.15) is 0 Å². The highest BCUT2D eigenvalue weighted by molar-refractivity contribution is 6.05. The lowest BCUT2D eigenvalue weighted by atomic mass is 9.88. The van der Waals surface area contributed by atoms with E-state index in [1.54, 1.807) is 30.9 Å². The number of benzene rings is 3. The number of β-lactam (4-membered cyclic amide) rings is 1. The van der Waals surface area contributed by atoms with Crippen LogP contribution >= 0.6 is 0 Å². The quantitative estimate of drug-likeness (QED) is 0.142. The van der Waals surface area contributed by atoms with Crippen molar-refractivity contribution in [2.75, 3.05) is 32.3 Å². The lowest BCUT2D eigenvalue weighted by Gasteiger charge is -2.52. The molecule has 2 aliphatic rings. The van der Waals surface area contributed by atoms with Gasteiger partial charge in [-0.1, -0.05) is 57.0 Å². The molecule has 3 aromatic carbocycles. The Hall–Kier alpha value is -4.08. The van der Waals surface area contributed by atoms with Crippen LogP contribution in [-0.2, 0) is 19.1 Å². The predicted octanol–water partition coefficient (Wildman–Crippen LogP) is 6.86. The fraction of sp³-hybridized carbons (Fsp3) is 0.459. The van der Waals surface area contributed by atoms with E-state index in [4.69, 9.17) is 23.7 Å². The molecular formula is C37H46N2O7. The Kier molecular flexibility index (Phi) is 10.5. The van der Waals surface area contributed by atoms with Crippen LogP contribution in [0.5, 0.6) is 17.2 Å². The summed E-state index contributed by atoms with van der Waals surface area (Å²) in [5.74, 6) is -0.355. The number of carbonyl (C=O) groups is 2. The highest BCUT2D eigenvalue weighted by Gasteiger charge is 2.58. The molecule has 246 valence electrons. The van der Waals surface area contributed by atoms with Gasteiger partial charge in [0.2, 0.25) is 5.79 Å². The van der Waals surface area contributed by atoms with E-state index in [-0.39, 0.29) is 17.9 Å². The van der Waals surface area contributed by atoms with Gasteiger partial charge >= 0.3 is 0 Å². The van der Waals surface area contributed by atoms with E-state index in [9.17, 15) is 9.59 Å². The zero-order chi connectivity index (χ0) is 32.8. The molecule has 0 radical (unpaired) electrons. The van der Waals surface area contributed by atoms with Crippen molar-refractivity contribution in [2.45, 2.75) is 83.5 Å². The molecule has 2 saturated heterocycles. The molecule has 0 bridgehead atoms. The van der Waals surface area contributed by atoms with Gasteiger partial charge in [0.1, 0.15) is 29.4 Å². The summed E-state index contributed by atoms with van der Waals surface area (Å²) in [5.41, 5.74) is 2.35. The van der Waals surface area contributed by atoms with Crippen LogP contribution in [0.3, 0.4) is 0 Å². The molecule has 9 nitrogen and oxygen atoms in total. The van der Waals surface area contributed by atoms with E-state index in [1.165, 1.54) is 0 Å². The molecule has 2 amide bonds. The van der Waals surface area contributed by atoms with E-state index in [2.05, 4.69) is 13.8 Å². The van der Waals surface area contributed by atoms with Gasteiger partial charge in [0.15, 0.2) is 6.10 Å². The molecule has 2 heterocycles. The van der Waals surface area contributed by atoms with E-state index in [0.717, 1.165) is 36.8 Å². The molecule has 5 rings (SSSR count). The lowest BCUT2D eigenvalue weighted by Crippen LogP contribution is -2.67. The van der Waals surface area contributed by atoms with Crippen LogP contribution < -0.4 is 19.1 Å². The van der Waals surface area contributed by atoms with Crippen LogP contribution in [0.2, 0.25) is 0 Å². The number of methoxy groups -OCH3 is 1. The van der Waals surface area contributed by atoms with Gasteiger partial charge in [-0.25, -0.2) is 0 Å². The molecule has 0 saturated carbocycles. The SMILES string of the molecule is CCCCOc1ccc([C@@H]2[C@H](O[C@@]3(C)O[C@H](c4ccccc4)[C@H](C)N(C)C3=O)C(=O)N2c2ccc(OC)cc2)c(OCCCC)c1. The number of amides is 2. The zero-order valence-corrected chi connectivity index (χ0v) is 27.7. The van der Waals surface area contributed by atoms with Crippen molar-refractivity contribution in [1.29, 1.82) is 0 Å². The highest BCUT2D eigenvalue weighted by atomic mass is 16.7. The number of likely N-dealkylation sites (N-methyl/N-ethyl adjacent to an activating group) is 1. The van der Waals surface area contributed by atoms with Crippen molar-refractivity contribution < 1.29 is 33.3 Å². The second kappa shape index (κ2) is 14.6. The summed E-state index contributed by atoms with van der Waals surface area (Å²) in [5, 5.41) is 0. The van der Waals surface area contributed by atoms with Crippen molar-refractivity contribution in [3.05, 3.63) is 83.9 Å². The maximum Gasteiger partial charge on any atom is 0.282 e. The Morgan fingerprint density at radius 1 is 0.870 bits per heavy atom. The maximum atomic E-state index is 14.1. The third kappa shape index (κ3) is 6.71. The average molecular weight is 631 g/mol. The average Bonchev–Trinajstić information content (AvgIpc) is 3.08. The minimum absolute atomic E-state index is 0.242. The Morgan fingerprint density at radius 3 is 2.17 bits per heavy atom. The van der Waals surface area contributed by atoms with Crippen LogP contribution in [0.4, 0.5) is 5.69 Å². The Balaban J connectivity index is 1.53. The first-order chi connectivity index (χ1) is 22.2. The van der Waals surface area contributed by atoms with Crippen molar-refractivity contribution in [3.63, 3.8) is 0 Å². The molecule has 2 aliphatic heterocycles. The molecule has 0 aliphatic carbocycles. The van der Waals surface area contributed by atoms with Gasteiger partial charge in [0.25, 0.3) is 11.8 Å². The van der Waals surface area contributed by atoms with Crippen LogP contribution in [0.15, 0.2) is 72.8 Å². The van der Waals surface area contributed by atoms with E-state index >= 15 is 0 Å². The standard InChI is InChI=1S/C37H46N2O7/c1-7-9-22-43-29-20-21-30(31(24-29)44-23-10-8-2)32-34(35(40)39(32)27-16-18-28(42-6)19-17-27)46-37(4)36(41)38(5)25(3)33(45-37)26-14-12-11-13-15-26/h11-21,24-25,32-34H,7-10,22-23H2,1-6H3/t25-,32+,33-,34-,37+/m0/s1. The summed E-state index contributed by atoms with van der Waals surface area (Å²) in [7, 11) is 3.34. The minimum Gasteiger partial charge on any atom is -0.497 e. The van der Waals surface area contributed by atoms with Gasteiger partial charge in [0, 0.05) is 24.4 Å². The molecule has 0 N–H and O–H groups in total. The first-order valence-electron chi connectivity index (χ1n) is 16.3. The summed E-state index contributed by atoms with van der Waals surface area (Å²) in [6, 6.07) is 21.9. The highest BCUT2D eigenvalue weighted by Crippen LogP contribution is 2.48. The fourth-order valence-electron chi connectivity index (χ4n) is 5.95. The van der Waals surface area contributed by atoms with Crippen molar-refractivity contribution in [2.24, 2.45) is 0 Å². The van der Waals surface area contributed by atoms with Crippen molar-refractivity contribution in [3.8, 4) is 17.2 Å². The van der Waals surface area contributed by atoms with Crippen molar-refractivity contribution >= 4 is 17.5 Å². The zero-order valence-electron chi connectivity index (χ0n) is 27.7. The largest absolute Gasteiger partial charge is 0.497 e. The van der Waals surface area contributed by atoms with E-state index in [1.807, 2.05) is 79.7 Å². The normalized spacial score (nSPS) is 24.5. The topological polar surface area (TPSA) is 86.8 Å². The molecule has 3 aromatic rings. The summed E-state index contributed by atoms with van der Waals surface area (Å²) >= 11 is 0. The van der Waals surface area contributed by atoms with Gasteiger partial charge in [-0.15, -0.1) is 0 Å². The Bertz CT molecular complexity index is 1480. The number of morpholine rings is 1. The third-order valence-electron chi connectivity index (χ3n) is 8.81. The van der Waals surface area contributed by atoms with Gasteiger partial charge < -0.3 is 28.6 Å². The molecule has 0 unspecified atom stereocenters. The number of nitrogens with zero attached hydrogens (tertiary/aromatic N) is 2. The number of anilines is 1. The number of hydrogen-bond donors (Lipinski definition) is 0. The molecule has 5 atom stereocenters. The molecular weight excluding hydrogens is 584 g/mol. The van der Waals surface area contributed by atoms with Crippen LogP contribution in [0.25, 0.3) is 0 Å². The second-order valence-corrected chi connectivity index (χ2v) is 12.0. The van der Waals surface area contributed by atoms with Gasteiger partial charge in [0.05, 0.1) is 26.4 Å². The summed E-state index contributed by atoms with van der Waals surface area (Å²) in [6.07, 6.45) is 2.34. The molecule has 0 aromatic heterocycles. The first-order valence-corrected chi connectivity index (χ1v) is 16.3. The summed E-state index contributed by atoms with van der Waals surface area (Å²) in [4.78, 5) is 31.2. The minimum atomic E-state index is -1.71. The second-order valence-electron chi connectivity index (χ2n) is 12.0. The predicted molar refractivity (Wildman–Crippen MR) is 176 cm³/mol. The van der Waals surface area contributed by atoms with Crippen LogP contribution in [-0.4, -0.2) is 62.0 Å². The molecule has 9 heteroatoms. The monoisotopic (exact) mass is 630 g/mol. The van der Waals surface area contributed by atoms with Gasteiger partial charge in [-0.05, 0) is 68.7 Å². The summed E-state index contributed by atoms with van der Waals surface area (Å²) in [6.45, 7) is 8.89.